The fourth-order valence-corrected chi connectivity index (χ4v) is 1.86. The van der Waals surface area contributed by atoms with E-state index in [4.69, 9.17) is 0 Å². The summed E-state index contributed by atoms with van der Waals surface area (Å²) < 4.78 is 2.51. The third-order valence-corrected chi connectivity index (χ3v) is 2.88. The topological polar surface area (TPSA) is 97.1 Å². The Balaban J connectivity index is 1.83. The molecule has 3 rings (SSSR count). The van der Waals surface area contributed by atoms with Crippen LogP contribution >= 0.6 is 0 Å². The van der Waals surface area contributed by atoms with Crippen LogP contribution in [-0.4, -0.2) is 30.3 Å². The number of hydrogen-bond donors (Lipinski definition) is 2. The summed E-state index contributed by atoms with van der Waals surface area (Å²) in [6.45, 7) is 1.66. The summed E-state index contributed by atoms with van der Waals surface area (Å²) >= 11 is 0. The number of carbonyl (C=O) groups excluding carboxylic acids is 1. The van der Waals surface area contributed by atoms with Crippen molar-refractivity contribution in [3.05, 3.63) is 46.6 Å². The third kappa shape index (κ3) is 2.07. The minimum atomic E-state index is -0.350. The number of aromatic nitrogens is 5. The molecular formula is C12H12N6O2. The second kappa shape index (κ2) is 4.65. The van der Waals surface area contributed by atoms with Gasteiger partial charge in [-0.25, -0.2) is 9.48 Å². The van der Waals surface area contributed by atoms with E-state index in [2.05, 4.69) is 20.6 Å². The van der Waals surface area contributed by atoms with Crippen LogP contribution in [0.25, 0.3) is 5.65 Å². The first-order chi connectivity index (χ1) is 9.65. The number of nitrogens with one attached hydrogen (secondary N) is 2. The number of fused-ring (bicyclic) bond motifs is 1. The van der Waals surface area contributed by atoms with Gasteiger partial charge in [0.2, 0.25) is 5.91 Å². The number of pyridine rings is 1. The normalized spacial score (nSPS) is 10.8. The fourth-order valence-electron chi connectivity index (χ4n) is 1.86. The second-order valence-electron chi connectivity index (χ2n) is 4.35. The molecule has 8 heteroatoms. The maximum absolute atomic E-state index is 12.0. The van der Waals surface area contributed by atoms with E-state index in [-0.39, 0.29) is 18.1 Å². The zero-order valence-electron chi connectivity index (χ0n) is 10.7. The van der Waals surface area contributed by atoms with Crippen LogP contribution in [0.1, 0.15) is 5.56 Å². The van der Waals surface area contributed by atoms with E-state index >= 15 is 0 Å². The lowest BCUT2D eigenvalue weighted by atomic mass is 10.4. The molecule has 20 heavy (non-hydrogen) atoms. The van der Waals surface area contributed by atoms with Crippen LogP contribution in [0.3, 0.4) is 0 Å². The summed E-state index contributed by atoms with van der Waals surface area (Å²) in [7, 11) is 0. The maximum atomic E-state index is 12.0. The van der Waals surface area contributed by atoms with E-state index < -0.39 is 0 Å². The Morgan fingerprint density at radius 2 is 2.30 bits per heavy atom. The quantitative estimate of drug-likeness (QED) is 0.710. The van der Waals surface area contributed by atoms with Crippen molar-refractivity contribution in [1.29, 1.82) is 0 Å². The number of H-pyrrole nitrogens is 1. The largest absolute Gasteiger partial charge is 0.350 e. The molecule has 0 saturated heterocycles. The van der Waals surface area contributed by atoms with Crippen molar-refractivity contribution in [2.24, 2.45) is 0 Å². The van der Waals surface area contributed by atoms with Gasteiger partial charge >= 0.3 is 5.69 Å². The average molecular weight is 272 g/mol. The number of aromatic amines is 1. The highest BCUT2D eigenvalue weighted by molar-refractivity contribution is 5.90. The Labute approximate surface area is 113 Å². The first-order valence-corrected chi connectivity index (χ1v) is 5.99. The Hall–Kier alpha value is -2.90. The molecule has 0 fully saturated rings. The number of carbonyl (C=O) groups is 1. The zero-order chi connectivity index (χ0) is 14.1. The van der Waals surface area contributed by atoms with Gasteiger partial charge in [-0.05, 0) is 19.1 Å². The molecule has 0 spiro atoms. The van der Waals surface area contributed by atoms with Gasteiger partial charge < -0.3 is 5.32 Å². The minimum Gasteiger partial charge on any atom is -0.309 e. The van der Waals surface area contributed by atoms with Crippen molar-refractivity contribution in [3.8, 4) is 0 Å². The van der Waals surface area contributed by atoms with E-state index in [1.54, 1.807) is 30.6 Å². The summed E-state index contributed by atoms with van der Waals surface area (Å²) in [5.74, 6) is 0.176. The minimum absolute atomic E-state index is 0.154. The van der Waals surface area contributed by atoms with Crippen LogP contribution in [-0.2, 0) is 11.3 Å². The molecule has 0 aliphatic carbocycles. The molecular weight excluding hydrogens is 260 g/mol. The number of rotatable bonds is 3. The van der Waals surface area contributed by atoms with E-state index in [1.807, 2.05) is 6.92 Å². The molecule has 3 aromatic rings. The molecule has 8 nitrogen and oxygen atoms in total. The lowest BCUT2D eigenvalue weighted by Gasteiger charge is -2.02. The summed E-state index contributed by atoms with van der Waals surface area (Å²) in [6, 6.07) is 5.21. The third-order valence-electron chi connectivity index (χ3n) is 2.88. The van der Waals surface area contributed by atoms with Crippen molar-refractivity contribution < 1.29 is 4.79 Å². The van der Waals surface area contributed by atoms with Crippen LogP contribution in [0.5, 0.6) is 0 Å². The molecule has 102 valence electrons. The molecule has 0 aliphatic rings. The highest BCUT2D eigenvalue weighted by Gasteiger charge is 2.11. The van der Waals surface area contributed by atoms with E-state index in [9.17, 15) is 9.59 Å². The Morgan fingerprint density at radius 3 is 3.00 bits per heavy atom. The van der Waals surface area contributed by atoms with Crippen LogP contribution < -0.4 is 11.0 Å². The number of nitrogens with zero attached hydrogens (tertiary/aromatic N) is 4. The summed E-state index contributed by atoms with van der Waals surface area (Å²) in [5, 5.41) is 13.2. The number of aryl methyl sites for hydroxylation is 1. The molecule has 0 aliphatic heterocycles. The Kier molecular flexibility index (Phi) is 2.82. The van der Waals surface area contributed by atoms with E-state index in [0.29, 0.717) is 11.5 Å². The van der Waals surface area contributed by atoms with Gasteiger partial charge in [0.05, 0.1) is 6.20 Å². The summed E-state index contributed by atoms with van der Waals surface area (Å²) in [6.07, 6.45) is 3.21. The second-order valence-corrected chi connectivity index (χ2v) is 4.35. The molecule has 0 unspecified atom stereocenters. The fraction of sp³-hybridized carbons (Fsp3) is 0.167. The molecule has 0 saturated carbocycles. The monoisotopic (exact) mass is 272 g/mol. The van der Waals surface area contributed by atoms with Crippen LogP contribution in [0, 0.1) is 6.92 Å². The first kappa shape index (κ1) is 12.2. The molecule has 0 bridgehead atoms. The highest BCUT2D eigenvalue weighted by atomic mass is 16.2. The van der Waals surface area contributed by atoms with Gasteiger partial charge in [0.25, 0.3) is 0 Å². The molecule has 0 radical (unpaired) electrons. The summed E-state index contributed by atoms with van der Waals surface area (Å²) in [5.41, 5.74) is 0.973. The van der Waals surface area contributed by atoms with Crippen molar-refractivity contribution in [2.75, 3.05) is 5.32 Å². The predicted molar refractivity (Wildman–Crippen MR) is 71.4 cm³/mol. The summed E-state index contributed by atoms with van der Waals surface area (Å²) in [4.78, 5) is 23.9. The predicted octanol–water partition coefficient (Wildman–Crippen LogP) is 0.166. The Bertz CT molecular complexity index is 828. The number of anilines is 1. The van der Waals surface area contributed by atoms with Gasteiger partial charge in [-0.1, -0.05) is 6.07 Å². The maximum Gasteiger partial charge on any atom is 0.350 e. The standard InChI is InChI=1S/C12H12N6O2/c1-8-6-13-15-11(8)14-10(19)7-18-12(20)17-5-3-2-4-9(17)16-18/h2-6H,7H2,1H3,(H2,13,14,15,19). The van der Waals surface area contributed by atoms with Crippen LogP contribution in [0.2, 0.25) is 0 Å². The highest BCUT2D eigenvalue weighted by Crippen LogP contribution is 2.07. The molecule has 1 amide bonds. The van der Waals surface area contributed by atoms with Crippen molar-refractivity contribution in [3.63, 3.8) is 0 Å². The zero-order valence-corrected chi connectivity index (χ0v) is 10.7. The molecule has 3 aromatic heterocycles. The van der Waals surface area contributed by atoms with E-state index in [1.165, 1.54) is 4.40 Å². The van der Waals surface area contributed by atoms with Gasteiger partial charge in [-0.3, -0.25) is 14.3 Å². The van der Waals surface area contributed by atoms with Crippen LogP contribution in [0.4, 0.5) is 5.82 Å². The van der Waals surface area contributed by atoms with Gasteiger partial charge in [0.15, 0.2) is 5.65 Å². The Morgan fingerprint density at radius 1 is 1.45 bits per heavy atom. The van der Waals surface area contributed by atoms with E-state index in [0.717, 1.165) is 10.2 Å². The van der Waals surface area contributed by atoms with Gasteiger partial charge in [-0.15, -0.1) is 5.10 Å². The van der Waals surface area contributed by atoms with Crippen molar-refractivity contribution in [2.45, 2.75) is 13.5 Å². The average Bonchev–Trinajstić information content (AvgIpc) is 2.96. The molecule has 2 N–H and O–H groups in total. The lowest BCUT2D eigenvalue weighted by Crippen LogP contribution is -2.28. The first-order valence-electron chi connectivity index (χ1n) is 5.99. The smallest absolute Gasteiger partial charge is 0.309 e. The number of hydrogen-bond acceptors (Lipinski definition) is 4. The van der Waals surface area contributed by atoms with Crippen molar-refractivity contribution in [1.82, 2.24) is 24.4 Å². The van der Waals surface area contributed by atoms with Crippen molar-refractivity contribution >= 4 is 17.4 Å². The van der Waals surface area contributed by atoms with Gasteiger partial charge in [0.1, 0.15) is 12.4 Å². The molecule has 0 aromatic carbocycles. The number of amides is 1. The van der Waals surface area contributed by atoms with Crippen LogP contribution in [0.15, 0.2) is 35.4 Å². The SMILES string of the molecule is Cc1cn[nH]c1NC(=O)Cn1nc2ccccn2c1=O. The van der Waals surface area contributed by atoms with Gasteiger partial charge in [0, 0.05) is 11.8 Å². The lowest BCUT2D eigenvalue weighted by molar-refractivity contribution is -0.117. The van der Waals surface area contributed by atoms with Gasteiger partial charge in [-0.2, -0.15) is 5.10 Å². The molecule has 0 atom stereocenters. The molecule has 3 heterocycles.